The zero-order chi connectivity index (χ0) is 10.3. The van der Waals surface area contributed by atoms with Crippen molar-refractivity contribution in [2.24, 2.45) is 4.99 Å². The summed E-state index contributed by atoms with van der Waals surface area (Å²) in [4.78, 5) is 20.1. The highest BCUT2D eigenvalue weighted by atomic mass is 16.1. The molecule has 0 aliphatic carbocycles. The van der Waals surface area contributed by atoms with Crippen LogP contribution in [0.4, 0.5) is 0 Å². The first-order valence-electron chi connectivity index (χ1n) is 5.69. The van der Waals surface area contributed by atoms with Gasteiger partial charge in [0.15, 0.2) is 0 Å². The average molecular weight is 205 g/mol. The van der Waals surface area contributed by atoms with Crippen molar-refractivity contribution in [1.29, 1.82) is 0 Å². The van der Waals surface area contributed by atoms with Gasteiger partial charge in [0.2, 0.25) is 0 Å². The molecule has 2 fully saturated rings. The van der Waals surface area contributed by atoms with Gasteiger partial charge in [0.25, 0.3) is 5.91 Å². The van der Waals surface area contributed by atoms with Gasteiger partial charge in [0, 0.05) is 26.2 Å². The number of aliphatic imine (C=N–C) groups is 1. The van der Waals surface area contributed by atoms with Crippen LogP contribution >= 0.6 is 0 Å². The van der Waals surface area contributed by atoms with Crippen molar-refractivity contribution < 1.29 is 4.79 Å². The average Bonchev–Trinajstić information content (AvgIpc) is 2.72. The number of carbonyl (C=O) groups is 1. The van der Waals surface area contributed by atoms with Gasteiger partial charge in [0.1, 0.15) is 5.70 Å². The van der Waals surface area contributed by atoms with Crippen molar-refractivity contribution in [3.05, 3.63) is 11.4 Å². The van der Waals surface area contributed by atoms with Crippen LogP contribution in [0.15, 0.2) is 16.4 Å². The van der Waals surface area contributed by atoms with Crippen molar-refractivity contribution in [3.8, 4) is 0 Å². The van der Waals surface area contributed by atoms with Crippen molar-refractivity contribution in [2.75, 3.05) is 26.2 Å². The molecule has 4 nitrogen and oxygen atoms in total. The lowest BCUT2D eigenvalue weighted by Crippen LogP contribution is -2.39. The lowest BCUT2D eigenvalue weighted by molar-refractivity contribution is -0.115. The standard InChI is InChI=1S/C11H15N3O/c15-11-10(14-4-1-2-5-14)9(8-12-11)13-6-3-7-13/h8H,1-7H2. The zero-order valence-electron chi connectivity index (χ0n) is 8.78. The van der Waals surface area contributed by atoms with E-state index >= 15 is 0 Å². The Balaban J connectivity index is 1.90. The molecule has 4 heteroatoms. The monoisotopic (exact) mass is 205 g/mol. The van der Waals surface area contributed by atoms with Gasteiger partial charge in [0.05, 0.1) is 11.9 Å². The molecular formula is C11H15N3O. The predicted octanol–water partition coefficient (Wildman–Crippen LogP) is 0.610. The summed E-state index contributed by atoms with van der Waals surface area (Å²) < 4.78 is 0. The largest absolute Gasteiger partial charge is 0.368 e. The van der Waals surface area contributed by atoms with Crippen LogP contribution in [0, 0.1) is 0 Å². The molecule has 3 rings (SSSR count). The normalized spacial score (nSPS) is 25.5. The van der Waals surface area contributed by atoms with Crippen LogP contribution in [0.2, 0.25) is 0 Å². The maximum absolute atomic E-state index is 11.7. The lowest BCUT2D eigenvalue weighted by Gasteiger charge is -2.34. The third kappa shape index (κ3) is 1.35. The summed E-state index contributed by atoms with van der Waals surface area (Å²) in [5, 5.41) is 0. The van der Waals surface area contributed by atoms with Gasteiger partial charge in [-0.15, -0.1) is 0 Å². The fraction of sp³-hybridized carbons (Fsp3) is 0.636. The minimum absolute atomic E-state index is 0.0428. The molecule has 0 aromatic heterocycles. The van der Waals surface area contributed by atoms with Gasteiger partial charge in [-0.1, -0.05) is 0 Å². The van der Waals surface area contributed by atoms with Gasteiger partial charge in [-0.25, -0.2) is 4.99 Å². The summed E-state index contributed by atoms with van der Waals surface area (Å²) >= 11 is 0. The molecule has 3 heterocycles. The fourth-order valence-electron chi connectivity index (χ4n) is 2.38. The van der Waals surface area contributed by atoms with Crippen molar-refractivity contribution in [1.82, 2.24) is 9.80 Å². The van der Waals surface area contributed by atoms with E-state index < -0.39 is 0 Å². The van der Waals surface area contributed by atoms with Gasteiger partial charge in [-0.2, -0.15) is 0 Å². The molecule has 80 valence electrons. The summed E-state index contributed by atoms with van der Waals surface area (Å²) in [6, 6.07) is 0. The molecular weight excluding hydrogens is 190 g/mol. The van der Waals surface area contributed by atoms with Crippen LogP contribution in [0.25, 0.3) is 0 Å². The molecule has 0 saturated carbocycles. The number of amides is 1. The lowest BCUT2D eigenvalue weighted by atomic mass is 10.2. The molecule has 15 heavy (non-hydrogen) atoms. The molecule has 2 saturated heterocycles. The van der Waals surface area contributed by atoms with Crippen molar-refractivity contribution in [3.63, 3.8) is 0 Å². The van der Waals surface area contributed by atoms with E-state index in [0.29, 0.717) is 0 Å². The summed E-state index contributed by atoms with van der Waals surface area (Å²) in [5.74, 6) is -0.0428. The molecule has 1 amide bonds. The number of rotatable bonds is 2. The molecule has 0 aromatic rings. The Morgan fingerprint density at radius 3 is 2.27 bits per heavy atom. The maximum atomic E-state index is 11.7. The number of hydrogen-bond acceptors (Lipinski definition) is 3. The molecule has 0 aromatic carbocycles. The first-order valence-corrected chi connectivity index (χ1v) is 5.69. The molecule has 0 N–H and O–H groups in total. The van der Waals surface area contributed by atoms with Crippen molar-refractivity contribution in [2.45, 2.75) is 19.3 Å². The molecule has 0 radical (unpaired) electrons. The number of nitrogens with zero attached hydrogens (tertiary/aromatic N) is 3. The molecule has 3 aliphatic heterocycles. The van der Waals surface area contributed by atoms with Crippen LogP contribution < -0.4 is 0 Å². The molecule has 0 unspecified atom stereocenters. The highest BCUT2D eigenvalue weighted by Crippen LogP contribution is 2.26. The second-order valence-electron chi connectivity index (χ2n) is 4.33. The summed E-state index contributed by atoms with van der Waals surface area (Å²) in [6.07, 6.45) is 5.38. The quantitative estimate of drug-likeness (QED) is 0.662. The Kier molecular flexibility index (Phi) is 2.01. The Labute approximate surface area is 89.3 Å². The zero-order valence-corrected chi connectivity index (χ0v) is 8.78. The number of likely N-dealkylation sites (tertiary alicyclic amines) is 2. The highest BCUT2D eigenvalue weighted by molar-refractivity contribution is 6.10. The van der Waals surface area contributed by atoms with E-state index in [1.807, 2.05) is 0 Å². The number of hydrogen-bond donors (Lipinski definition) is 0. The van der Waals surface area contributed by atoms with Gasteiger partial charge in [-0.05, 0) is 19.3 Å². The van der Waals surface area contributed by atoms with Gasteiger partial charge >= 0.3 is 0 Å². The van der Waals surface area contributed by atoms with E-state index in [1.54, 1.807) is 6.21 Å². The molecule has 0 atom stereocenters. The number of allylic oxidation sites excluding steroid dienone is 1. The van der Waals surface area contributed by atoms with E-state index in [0.717, 1.165) is 37.6 Å². The third-order valence-electron chi connectivity index (χ3n) is 3.37. The Hall–Kier alpha value is -1.32. The van der Waals surface area contributed by atoms with Crippen LogP contribution in [-0.4, -0.2) is 48.1 Å². The first-order chi connectivity index (χ1) is 7.36. The van der Waals surface area contributed by atoms with Crippen LogP contribution in [-0.2, 0) is 4.79 Å². The van der Waals surface area contributed by atoms with Crippen molar-refractivity contribution >= 4 is 12.1 Å². The SMILES string of the molecule is O=C1N=CC(N2CCC2)=C1N1CCCC1. The van der Waals surface area contributed by atoms with E-state index in [2.05, 4.69) is 14.8 Å². The minimum Gasteiger partial charge on any atom is -0.368 e. The second kappa shape index (κ2) is 3.36. The molecule has 3 aliphatic rings. The van der Waals surface area contributed by atoms with E-state index in [-0.39, 0.29) is 5.91 Å². The molecule has 0 spiro atoms. The molecule has 0 bridgehead atoms. The summed E-state index contributed by atoms with van der Waals surface area (Å²) in [5.41, 5.74) is 1.92. The summed E-state index contributed by atoms with van der Waals surface area (Å²) in [6.45, 7) is 4.18. The van der Waals surface area contributed by atoms with Crippen LogP contribution in [0.1, 0.15) is 19.3 Å². The smallest absolute Gasteiger partial charge is 0.295 e. The van der Waals surface area contributed by atoms with Crippen LogP contribution in [0.3, 0.4) is 0 Å². The maximum Gasteiger partial charge on any atom is 0.295 e. The third-order valence-corrected chi connectivity index (χ3v) is 3.37. The number of carbonyl (C=O) groups excluding carboxylic acids is 1. The topological polar surface area (TPSA) is 35.9 Å². The Morgan fingerprint density at radius 1 is 1.00 bits per heavy atom. The minimum atomic E-state index is -0.0428. The van der Waals surface area contributed by atoms with Gasteiger partial charge < -0.3 is 9.80 Å². The predicted molar refractivity (Wildman–Crippen MR) is 57.5 cm³/mol. The Bertz CT molecular complexity index is 349. The van der Waals surface area contributed by atoms with Gasteiger partial charge in [-0.3, -0.25) is 4.79 Å². The summed E-state index contributed by atoms with van der Waals surface area (Å²) in [7, 11) is 0. The van der Waals surface area contributed by atoms with E-state index in [4.69, 9.17) is 0 Å². The second-order valence-corrected chi connectivity index (χ2v) is 4.33. The van der Waals surface area contributed by atoms with E-state index in [1.165, 1.54) is 19.3 Å². The Morgan fingerprint density at radius 2 is 1.67 bits per heavy atom. The van der Waals surface area contributed by atoms with E-state index in [9.17, 15) is 4.79 Å². The first kappa shape index (κ1) is 8.95. The van der Waals surface area contributed by atoms with Crippen LogP contribution in [0.5, 0.6) is 0 Å². The highest BCUT2D eigenvalue weighted by Gasteiger charge is 2.31. The fourth-order valence-corrected chi connectivity index (χ4v) is 2.38.